The minimum absolute atomic E-state index is 0. The number of nitrogens with one attached hydrogen (secondary N) is 2. The average molecular weight is 375 g/mol. The van der Waals surface area contributed by atoms with Gasteiger partial charge in [0.05, 0.1) is 24.1 Å². The van der Waals surface area contributed by atoms with Gasteiger partial charge in [0.15, 0.2) is 0 Å². The highest BCUT2D eigenvalue weighted by atomic mass is 35.5. The van der Waals surface area contributed by atoms with E-state index < -0.39 is 0 Å². The molecule has 7 heteroatoms. The molecule has 1 saturated heterocycles. The molecule has 0 aliphatic carbocycles. The zero-order valence-electron chi connectivity index (χ0n) is 14.9. The van der Waals surface area contributed by atoms with Crippen molar-refractivity contribution in [1.29, 1.82) is 0 Å². The molecule has 1 aliphatic heterocycles. The maximum atomic E-state index is 12.4. The molecule has 1 aromatic carbocycles. The zero-order valence-corrected chi connectivity index (χ0v) is 15.7. The highest BCUT2D eigenvalue weighted by molar-refractivity contribution is 5.85. The van der Waals surface area contributed by atoms with Crippen LogP contribution in [-0.2, 0) is 0 Å². The Kier molecular flexibility index (Phi) is 5.34. The average Bonchev–Trinajstić information content (AvgIpc) is 2.97. The van der Waals surface area contributed by atoms with E-state index in [1.807, 2.05) is 35.7 Å². The first-order chi connectivity index (χ1) is 12.2. The van der Waals surface area contributed by atoms with Crippen molar-refractivity contribution in [3.05, 3.63) is 52.1 Å². The molecule has 26 heavy (non-hydrogen) atoms. The Morgan fingerprint density at radius 3 is 2.69 bits per heavy atom. The lowest BCUT2D eigenvalue weighted by atomic mass is 9.94. The van der Waals surface area contributed by atoms with Crippen molar-refractivity contribution in [2.45, 2.75) is 25.7 Å². The smallest absolute Gasteiger partial charge is 0.251 e. The first-order valence-electron chi connectivity index (χ1n) is 8.65. The van der Waals surface area contributed by atoms with Crippen LogP contribution >= 0.6 is 12.4 Å². The van der Waals surface area contributed by atoms with Crippen LogP contribution in [0.3, 0.4) is 0 Å². The number of halogens is 1. The number of hydrogen-bond donors (Lipinski definition) is 2. The van der Waals surface area contributed by atoms with E-state index >= 15 is 0 Å². The quantitative estimate of drug-likeness (QED) is 0.739. The van der Waals surface area contributed by atoms with Crippen LogP contribution in [0.1, 0.15) is 30.1 Å². The van der Waals surface area contributed by atoms with Gasteiger partial charge in [0.25, 0.3) is 5.56 Å². The molecule has 2 aromatic heterocycles. The van der Waals surface area contributed by atoms with E-state index in [9.17, 15) is 4.79 Å². The number of para-hydroxylation sites is 1. The molecular formula is C19H23ClN4O2. The van der Waals surface area contributed by atoms with Crippen molar-refractivity contribution in [3.63, 3.8) is 0 Å². The minimum atomic E-state index is -0.0860. The number of fused-ring (bicyclic) bond motifs is 1. The molecule has 1 fully saturated rings. The van der Waals surface area contributed by atoms with Gasteiger partial charge in [-0.1, -0.05) is 18.2 Å². The summed E-state index contributed by atoms with van der Waals surface area (Å²) >= 11 is 0. The van der Waals surface area contributed by atoms with Crippen LogP contribution in [0.4, 0.5) is 0 Å². The second-order valence-electron chi connectivity index (χ2n) is 6.50. The van der Waals surface area contributed by atoms with Crippen LogP contribution in [0.25, 0.3) is 16.8 Å². The van der Waals surface area contributed by atoms with Gasteiger partial charge >= 0.3 is 0 Å². The Bertz CT molecular complexity index is 973. The number of nitrogens with zero attached hydrogens (tertiary/aromatic N) is 2. The third kappa shape index (κ3) is 3.10. The Morgan fingerprint density at radius 1 is 1.23 bits per heavy atom. The van der Waals surface area contributed by atoms with Crippen LogP contribution in [0.2, 0.25) is 0 Å². The number of aromatic nitrogens is 3. The standard InChI is InChI=1S/C19H22N4O2.ClH/c1-12-18(14-5-3-4-6-16(14)25-2)19-21-17(24)11-15(23(19)22-12)13-7-9-20-10-8-13;/h3-6,11,13,20H,7-10H2,1-2H3,(H,21,24);1H. The van der Waals surface area contributed by atoms with Gasteiger partial charge in [0, 0.05) is 17.5 Å². The predicted octanol–water partition coefficient (Wildman–Crippen LogP) is 2.90. The number of methoxy groups -OCH3 is 1. The maximum Gasteiger partial charge on any atom is 0.251 e. The fourth-order valence-corrected chi connectivity index (χ4v) is 3.76. The summed E-state index contributed by atoms with van der Waals surface area (Å²) in [6, 6.07) is 9.52. The molecule has 2 N–H and O–H groups in total. The van der Waals surface area contributed by atoms with Gasteiger partial charge in [-0.15, -0.1) is 12.4 Å². The molecule has 6 nitrogen and oxygen atoms in total. The van der Waals surface area contributed by atoms with Crippen molar-refractivity contribution in [1.82, 2.24) is 19.9 Å². The highest BCUT2D eigenvalue weighted by Crippen LogP contribution is 2.35. The first kappa shape index (κ1) is 18.5. The molecule has 3 heterocycles. The normalized spacial score (nSPS) is 15.0. The summed E-state index contributed by atoms with van der Waals surface area (Å²) in [5.74, 6) is 1.12. The SMILES string of the molecule is COc1ccccc1-c1c(C)nn2c(C3CCNCC3)cc(=O)[nH]c12.Cl. The summed E-state index contributed by atoms with van der Waals surface area (Å²) in [6.07, 6.45) is 2.03. The van der Waals surface area contributed by atoms with Gasteiger partial charge in [-0.3, -0.25) is 4.79 Å². The number of H-pyrrole nitrogens is 1. The van der Waals surface area contributed by atoms with Crippen molar-refractivity contribution >= 4 is 18.1 Å². The molecular weight excluding hydrogens is 352 g/mol. The molecule has 4 rings (SSSR count). The van der Waals surface area contributed by atoms with E-state index in [1.165, 1.54) is 0 Å². The van der Waals surface area contributed by atoms with Gasteiger partial charge in [-0.25, -0.2) is 4.52 Å². The molecule has 0 amide bonds. The fourth-order valence-electron chi connectivity index (χ4n) is 3.76. The number of rotatable bonds is 3. The van der Waals surface area contributed by atoms with E-state index in [1.54, 1.807) is 13.2 Å². The maximum absolute atomic E-state index is 12.4. The predicted molar refractivity (Wildman–Crippen MR) is 105 cm³/mol. The number of benzene rings is 1. The third-order valence-electron chi connectivity index (χ3n) is 4.96. The minimum Gasteiger partial charge on any atom is -0.496 e. The summed E-state index contributed by atoms with van der Waals surface area (Å²) in [7, 11) is 1.66. The third-order valence-corrected chi connectivity index (χ3v) is 4.96. The van der Waals surface area contributed by atoms with E-state index in [-0.39, 0.29) is 18.0 Å². The van der Waals surface area contributed by atoms with Gasteiger partial charge < -0.3 is 15.0 Å². The van der Waals surface area contributed by atoms with E-state index in [0.29, 0.717) is 5.92 Å². The zero-order chi connectivity index (χ0) is 17.4. The number of piperidine rings is 1. The van der Waals surface area contributed by atoms with Crippen LogP contribution in [0.5, 0.6) is 5.75 Å². The van der Waals surface area contributed by atoms with Gasteiger partial charge in [-0.05, 0) is 38.9 Å². The number of aromatic amines is 1. The van der Waals surface area contributed by atoms with E-state index in [2.05, 4.69) is 10.3 Å². The molecule has 0 radical (unpaired) electrons. The molecule has 0 saturated carbocycles. The summed E-state index contributed by atoms with van der Waals surface area (Å²) in [6.45, 7) is 3.91. The number of aryl methyl sites for hydroxylation is 1. The van der Waals surface area contributed by atoms with E-state index in [4.69, 9.17) is 9.84 Å². The summed E-state index contributed by atoms with van der Waals surface area (Å²) in [4.78, 5) is 15.3. The Hall–Kier alpha value is -2.31. The molecule has 0 bridgehead atoms. The van der Waals surface area contributed by atoms with Crippen molar-refractivity contribution in [2.75, 3.05) is 20.2 Å². The lowest BCUT2D eigenvalue weighted by Crippen LogP contribution is -2.28. The molecule has 3 aromatic rings. The summed E-state index contributed by atoms with van der Waals surface area (Å²) in [5, 5.41) is 8.12. The number of ether oxygens (including phenoxy) is 1. The van der Waals surface area contributed by atoms with E-state index in [0.717, 1.165) is 59.8 Å². The number of hydrogen-bond acceptors (Lipinski definition) is 4. The molecule has 0 unspecified atom stereocenters. The first-order valence-corrected chi connectivity index (χ1v) is 8.65. The Balaban J connectivity index is 0.00000196. The summed E-state index contributed by atoms with van der Waals surface area (Å²) in [5.41, 5.74) is 4.38. The molecule has 138 valence electrons. The van der Waals surface area contributed by atoms with Crippen LogP contribution in [-0.4, -0.2) is 34.8 Å². The van der Waals surface area contributed by atoms with Crippen LogP contribution in [0, 0.1) is 6.92 Å². The summed E-state index contributed by atoms with van der Waals surface area (Å²) < 4.78 is 7.42. The van der Waals surface area contributed by atoms with Gasteiger partial charge in [0.1, 0.15) is 11.4 Å². The van der Waals surface area contributed by atoms with Gasteiger partial charge in [0.2, 0.25) is 0 Å². The lowest BCUT2D eigenvalue weighted by Gasteiger charge is -2.23. The van der Waals surface area contributed by atoms with Crippen LogP contribution in [0.15, 0.2) is 35.1 Å². The second kappa shape index (κ2) is 7.51. The lowest BCUT2D eigenvalue weighted by molar-refractivity contribution is 0.416. The topological polar surface area (TPSA) is 71.4 Å². The van der Waals surface area contributed by atoms with Gasteiger partial charge in [-0.2, -0.15) is 5.10 Å². The van der Waals surface area contributed by atoms with Crippen LogP contribution < -0.4 is 15.6 Å². The largest absolute Gasteiger partial charge is 0.496 e. The Labute approximate surface area is 158 Å². The highest BCUT2D eigenvalue weighted by Gasteiger charge is 2.23. The fraction of sp³-hybridized carbons (Fsp3) is 0.368. The van der Waals surface area contributed by atoms with Crippen molar-refractivity contribution in [3.8, 4) is 16.9 Å². The Morgan fingerprint density at radius 2 is 1.96 bits per heavy atom. The molecule has 1 aliphatic rings. The molecule has 0 spiro atoms. The van der Waals surface area contributed by atoms with Crippen molar-refractivity contribution < 1.29 is 4.74 Å². The second-order valence-corrected chi connectivity index (χ2v) is 6.50. The monoisotopic (exact) mass is 374 g/mol. The molecule has 0 atom stereocenters. The van der Waals surface area contributed by atoms with Crippen molar-refractivity contribution in [2.24, 2.45) is 0 Å².